The Morgan fingerprint density at radius 3 is 2.67 bits per heavy atom. The third-order valence-corrected chi connectivity index (χ3v) is 1.45. The number of amides is 1. The summed E-state index contributed by atoms with van der Waals surface area (Å²) in [5, 5.41) is 8.51. The van der Waals surface area contributed by atoms with Gasteiger partial charge < -0.3 is 20.5 Å². The molecule has 1 amide bonds. The average molecular weight is 214 g/mol. The number of nitrogens with two attached hydrogens (primary N) is 1. The lowest BCUT2D eigenvalue weighted by molar-refractivity contribution is -0.145. The van der Waals surface area contributed by atoms with E-state index >= 15 is 0 Å². The molecule has 0 fully saturated rings. The lowest BCUT2D eigenvalue weighted by atomic mass is 10.4. The number of hydrogen-bond acceptors (Lipinski definition) is 4. The Bertz CT molecular complexity index is 259. The highest BCUT2D eigenvalue weighted by atomic mass is 16.5. The number of hydrogen-bond donors (Lipinski definition) is 2. The minimum absolute atomic E-state index is 0.0445. The van der Waals surface area contributed by atoms with E-state index in [2.05, 4.69) is 5.92 Å². The normalized spacial score (nSPS) is 9.33. The molecule has 0 aliphatic heterocycles. The summed E-state index contributed by atoms with van der Waals surface area (Å²) in [7, 11) is 0. The first-order valence-electron chi connectivity index (χ1n) is 4.32. The molecule has 0 atom stereocenters. The third-order valence-electron chi connectivity index (χ3n) is 1.45. The van der Waals surface area contributed by atoms with Gasteiger partial charge in [-0.2, -0.15) is 0 Å². The molecule has 0 bridgehead atoms. The smallest absolute Gasteiger partial charge is 0.323 e. The van der Waals surface area contributed by atoms with Gasteiger partial charge >= 0.3 is 5.97 Å². The Morgan fingerprint density at radius 2 is 2.20 bits per heavy atom. The first-order chi connectivity index (χ1) is 7.11. The molecule has 0 heterocycles. The molecular weight excluding hydrogens is 200 g/mol. The molecule has 0 aromatic heterocycles. The van der Waals surface area contributed by atoms with Crippen molar-refractivity contribution in [3.63, 3.8) is 0 Å². The first kappa shape index (κ1) is 13.4. The number of nitrogens with zero attached hydrogens (tertiary/aromatic N) is 1. The topological polar surface area (TPSA) is 92.9 Å². The quantitative estimate of drug-likeness (QED) is 0.398. The van der Waals surface area contributed by atoms with Crippen LogP contribution in [0, 0.1) is 12.3 Å². The van der Waals surface area contributed by atoms with Gasteiger partial charge in [-0.05, 0) is 0 Å². The number of carboxylic acids is 1. The molecule has 0 aliphatic carbocycles. The maximum atomic E-state index is 11.3. The van der Waals surface area contributed by atoms with Crippen molar-refractivity contribution in [2.24, 2.45) is 5.73 Å². The van der Waals surface area contributed by atoms with Crippen LogP contribution < -0.4 is 5.73 Å². The summed E-state index contributed by atoms with van der Waals surface area (Å²) in [5.41, 5.74) is 5.15. The molecule has 0 rings (SSSR count). The van der Waals surface area contributed by atoms with E-state index in [1.54, 1.807) is 0 Å². The standard InChI is InChI=1S/C9H14N2O4/c1-2-4-11(6-9(13)14)8(12)7-15-5-3-10/h1H,3-7,10H2,(H,13,14). The van der Waals surface area contributed by atoms with Crippen LogP contribution in [0.15, 0.2) is 0 Å². The number of aliphatic carboxylic acids is 1. The number of carbonyl (C=O) groups excluding carboxylic acids is 1. The molecule has 0 saturated heterocycles. The summed E-state index contributed by atoms with van der Waals surface area (Å²) >= 11 is 0. The van der Waals surface area contributed by atoms with Crippen LogP contribution >= 0.6 is 0 Å². The van der Waals surface area contributed by atoms with Crippen LogP contribution in [0.3, 0.4) is 0 Å². The van der Waals surface area contributed by atoms with Crippen LogP contribution in [-0.4, -0.2) is 54.7 Å². The zero-order chi connectivity index (χ0) is 11.7. The van der Waals surface area contributed by atoms with Gasteiger partial charge in [-0.15, -0.1) is 6.42 Å². The molecule has 6 nitrogen and oxygen atoms in total. The van der Waals surface area contributed by atoms with Crippen LogP contribution in [0.2, 0.25) is 0 Å². The number of rotatable bonds is 7. The van der Waals surface area contributed by atoms with Gasteiger partial charge in [0.25, 0.3) is 0 Å². The van der Waals surface area contributed by atoms with Crippen molar-refractivity contribution in [2.75, 3.05) is 32.8 Å². The minimum Gasteiger partial charge on any atom is -0.480 e. The zero-order valence-corrected chi connectivity index (χ0v) is 8.31. The molecule has 0 spiro atoms. The molecule has 0 aromatic rings. The summed E-state index contributed by atoms with van der Waals surface area (Å²) in [5.74, 6) is 0.638. The molecule has 3 N–H and O–H groups in total. The van der Waals surface area contributed by atoms with Crippen LogP contribution in [-0.2, 0) is 14.3 Å². The van der Waals surface area contributed by atoms with Crippen molar-refractivity contribution >= 4 is 11.9 Å². The molecular formula is C9H14N2O4. The average Bonchev–Trinajstić information content (AvgIpc) is 2.17. The Kier molecular flexibility index (Phi) is 6.97. The molecule has 0 radical (unpaired) electrons. The first-order valence-corrected chi connectivity index (χ1v) is 4.32. The summed E-state index contributed by atoms with van der Waals surface area (Å²) in [6.45, 7) is -0.109. The highest BCUT2D eigenvalue weighted by molar-refractivity contribution is 5.82. The minimum atomic E-state index is -1.11. The second kappa shape index (κ2) is 7.79. The van der Waals surface area contributed by atoms with Crippen molar-refractivity contribution < 1.29 is 19.4 Å². The molecule has 0 saturated carbocycles. The van der Waals surface area contributed by atoms with Crippen LogP contribution in [0.1, 0.15) is 0 Å². The van der Waals surface area contributed by atoms with E-state index in [0.29, 0.717) is 6.54 Å². The van der Waals surface area contributed by atoms with Gasteiger partial charge in [0.2, 0.25) is 5.91 Å². The van der Waals surface area contributed by atoms with Gasteiger partial charge in [-0.25, -0.2) is 0 Å². The maximum absolute atomic E-state index is 11.3. The van der Waals surface area contributed by atoms with Crippen LogP contribution in [0.5, 0.6) is 0 Å². The van der Waals surface area contributed by atoms with Crippen LogP contribution in [0.4, 0.5) is 0 Å². The van der Waals surface area contributed by atoms with Crippen molar-refractivity contribution in [1.29, 1.82) is 0 Å². The van der Waals surface area contributed by atoms with Gasteiger partial charge in [-0.3, -0.25) is 9.59 Å². The van der Waals surface area contributed by atoms with Gasteiger partial charge in [0, 0.05) is 6.54 Å². The highest BCUT2D eigenvalue weighted by Gasteiger charge is 2.15. The number of carboxylic acid groups (broad SMARTS) is 1. The summed E-state index contributed by atoms with van der Waals surface area (Å²) < 4.78 is 4.88. The van der Waals surface area contributed by atoms with Gasteiger partial charge in [0.15, 0.2) is 0 Å². The predicted octanol–water partition coefficient (Wildman–Crippen LogP) is -1.49. The van der Waals surface area contributed by atoms with Crippen LogP contribution in [0.25, 0.3) is 0 Å². The number of carbonyl (C=O) groups is 2. The van der Waals surface area contributed by atoms with E-state index in [0.717, 1.165) is 4.90 Å². The molecule has 0 unspecified atom stereocenters. The van der Waals surface area contributed by atoms with Crippen molar-refractivity contribution in [3.8, 4) is 12.3 Å². The second-order valence-corrected chi connectivity index (χ2v) is 2.69. The SMILES string of the molecule is C#CCN(CC(=O)O)C(=O)COCCN. The molecule has 15 heavy (non-hydrogen) atoms. The number of ether oxygens (including phenoxy) is 1. The summed E-state index contributed by atoms with van der Waals surface area (Å²) in [6.07, 6.45) is 5.00. The van der Waals surface area contributed by atoms with Crippen molar-refractivity contribution in [2.45, 2.75) is 0 Å². The van der Waals surface area contributed by atoms with E-state index < -0.39 is 18.4 Å². The summed E-state index contributed by atoms with van der Waals surface area (Å²) in [4.78, 5) is 22.8. The Labute approximate surface area is 88.0 Å². The Hall–Kier alpha value is -1.58. The lowest BCUT2D eigenvalue weighted by Gasteiger charge is -2.17. The Morgan fingerprint density at radius 1 is 1.53 bits per heavy atom. The van der Waals surface area contributed by atoms with Gasteiger partial charge in [-0.1, -0.05) is 5.92 Å². The van der Waals surface area contributed by atoms with E-state index in [9.17, 15) is 9.59 Å². The molecule has 0 aliphatic rings. The van der Waals surface area contributed by atoms with Crippen molar-refractivity contribution in [1.82, 2.24) is 4.90 Å². The molecule has 6 heteroatoms. The maximum Gasteiger partial charge on any atom is 0.323 e. The molecule has 84 valence electrons. The zero-order valence-electron chi connectivity index (χ0n) is 8.31. The van der Waals surface area contributed by atoms with E-state index in [1.165, 1.54) is 0 Å². The van der Waals surface area contributed by atoms with E-state index in [-0.39, 0.29) is 19.8 Å². The fraction of sp³-hybridized carbons (Fsp3) is 0.556. The fourth-order valence-corrected chi connectivity index (χ4v) is 0.840. The number of terminal acetylenes is 1. The lowest BCUT2D eigenvalue weighted by Crippen LogP contribution is -2.38. The second-order valence-electron chi connectivity index (χ2n) is 2.69. The largest absolute Gasteiger partial charge is 0.480 e. The van der Waals surface area contributed by atoms with E-state index in [4.69, 9.17) is 22.0 Å². The van der Waals surface area contributed by atoms with Gasteiger partial charge in [0.05, 0.1) is 13.2 Å². The fourth-order valence-electron chi connectivity index (χ4n) is 0.840. The predicted molar refractivity (Wildman–Crippen MR) is 52.9 cm³/mol. The molecule has 0 aromatic carbocycles. The van der Waals surface area contributed by atoms with Crippen molar-refractivity contribution in [3.05, 3.63) is 0 Å². The summed E-state index contributed by atoms with van der Waals surface area (Å²) in [6, 6.07) is 0. The monoisotopic (exact) mass is 214 g/mol. The highest BCUT2D eigenvalue weighted by Crippen LogP contribution is 1.90. The van der Waals surface area contributed by atoms with E-state index in [1.807, 2.05) is 0 Å². The third kappa shape index (κ3) is 6.49. The van der Waals surface area contributed by atoms with Gasteiger partial charge in [0.1, 0.15) is 13.2 Å². The Balaban J connectivity index is 4.05.